The summed E-state index contributed by atoms with van der Waals surface area (Å²) in [6.07, 6.45) is 0. The second-order valence-electron chi connectivity index (χ2n) is 4.19. The maximum absolute atomic E-state index is 13.1. The molecule has 0 aliphatic heterocycles. The van der Waals surface area contributed by atoms with Crippen molar-refractivity contribution in [2.75, 3.05) is 5.32 Å². The number of nitrogens with one attached hydrogen (secondary N) is 1. The summed E-state index contributed by atoms with van der Waals surface area (Å²) in [6.45, 7) is 5.27. The van der Waals surface area contributed by atoms with Gasteiger partial charge in [-0.3, -0.25) is 4.68 Å². The third-order valence-corrected chi connectivity index (χ3v) is 3.33. The molecule has 0 unspecified atom stereocenters. The summed E-state index contributed by atoms with van der Waals surface area (Å²) in [5.74, 6) is -0.449. The number of hydrogen-bond acceptors (Lipinski definition) is 2. The van der Waals surface area contributed by atoms with Gasteiger partial charge in [0.05, 0.1) is 33.7 Å². The van der Waals surface area contributed by atoms with Crippen LogP contribution in [0.2, 0.25) is 10.0 Å². The lowest BCUT2D eigenvalue weighted by atomic mass is 10.3. The van der Waals surface area contributed by atoms with E-state index in [9.17, 15) is 4.39 Å². The molecule has 0 amide bonds. The fourth-order valence-corrected chi connectivity index (χ4v) is 2.50. The van der Waals surface area contributed by atoms with Crippen LogP contribution in [0.25, 0.3) is 0 Å². The second kappa shape index (κ2) is 5.80. The Morgan fingerprint density at radius 2 is 1.89 bits per heavy atom. The van der Waals surface area contributed by atoms with Crippen LogP contribution in [0.5, 0.6) is 0 Å². The van der Waals surface area contributed by atoms with Crippen molar-refractivity contribution in [3.63, 3.8) is 0 Å². The van der Waals surface area contributed by atoms with Crippen LogP contribution >= 0.6 is 23.2 Å². The van der Waals surface area contributed by atoms with Gasteiger partial charge in [0.1, 0.15) is 5.82 Å². The van der Waals surface area contributed by atoms with Gasteiger partial charge in [0.25, 0.3) is 0 Å². The number of benzene rings is 1. The first kappa shape index (κ1) is 14.2. The van der Waals surface area contributed by atoms with E-state index < -0.39 is 5.82 Å². The molecular weight excluding hydrogens is 288 g/mol. The molecule has 1 N–H and O–H groups in total. The lowest BCUT2D eigenvalue weighted by molar-refractivity contribution is 0.622. The van der Waals surface area contributed by atoms with Crippen molar-refractivity contribution in [3.05, 3.63) is 45.4 Å². The van der Waals surface area contributed by atoms with Crippen molar-refractivity contribution in [2.24, 2.45) is 0 Å². The summed E-state index contributed by atoms with van der Waals surface area (Å²) < 4.78 is 15.0. The van der Waals surface area contributed by atoms with Crippen molar-refractivity contribution in [1.29, 1.82) is 0 Å². The average molecular weight is 302 g/mol. The van der Waals surface area contributed by atoms with E-state index in [1.807, 2.05) is 24.6 Å². The Morgan fingerprint density at radius 1 is 1.26 bits per heavy atom. The first-order chi connectivity index (χ1) is 9.01. The van der Waals surface area contributed by atoms with Crippen LogP contribution in [0.1, 0.15) is 18.3 Å². The Kier molecular flexibility index (Phi) is 4.32. The third kappa shape index (κ3) is 3.19. The number of aromatic nitrogens is 2. The number of nitrogens with zero attached hydrogens (tertiary/aromatic N) is 2. The maximum atomic E-state index is 13.1. The standard InChI is InChI=1S/C13H14Cl2FN3/c1-3-19-10(4-8(2)18-19)7-17-13-11(14)5-9(16)6-12(13)15/h4-6,17H,3,7H2,1-2H3. The molecule has 19 heavy (non-hydrogen) atoms. The molecule has 0 atom stereocenters. The molecule has 2 aromatic rings. The van der Waals surface area contributed by atoms with E-state index in [0.717, 1.165) is 17.9 Å². The Balaban J connectivity index is 2.19. The Hall–Kier alpha value is -1.26. The van der Waals surface area contributed by atoms with Gasteiger partial charge in [-0.25, -0.2) is 4.39 Å². The lowest BCUT2D eigenvalue weighted by Crippen LogP contribution is -2.08. The molecule has 1 aromatic heterocycles. The monoisotopic (exact) mass is 301 g/mol. The third-order valence-electron chi connectivity index (χ3n) is 2.74. The summed E-state index contributed by atoms with van der Waals surface area (Å²) in [5, 5.41) is 8.01. The Morgan fingerprint density at radius 3 is 2.47 bits per heavy atom. The highest BCUT2D eigenvalue weighted by Crippen LogP contribution is 2.31. The number of halogens is 3. The van der Waals surface area contributed by atoms with E-state index in [2.05, 4.69) is 10.4 Å². The topological polar surface area (TPSA) is 29.9 Å². The van der Waals surface area contributed by atoms with Crippen molar-refractivity contribution in [3.8, 4) is 0 Å². The predicted octanol–water partition coefficient (Wildman–Crippen LogP) is 4.27. The van der Waals surface area contributed by atoms with Gasteiger partial charge < -0.3 is 5.32 Å². The van der Waals surface area contributed by atoms with E-state index in [-0.39, 0.29) is 10.0 Å². The molecule has 2 rings (SSSR count). The zero-order chi connectivity index (χ0) is 14.0. The highest BCUT2D eigenvalue weighted by molar-refractivity contribution is 6.39. The van der Waals surface area contributed by atoms with Gasteiger partial charge in [0, 0.05) is 6.54 Å². The van der Waals surface area contributed by atoms with Crippen LogP contribution < -0.4 is 5.32 Å². The van der Waals surface area contributed by atoms with Gasteiger partial charge in [-0.2, -0.15) is 5.10 Å². The number of rotatable bonds is 4. The van der Waals surface area contributed by atoms with Crippen molar-refractivity contribution < 1.29 is 4.39 Å². The molecule has 0 radical (unpaired) electrons. The smallest absolute Gasteiger partial charge is 0.126 e. The number of anilines is 1. The zero-order valence-electron chi connectivity index (χ0n) is 10.7. The lowest BCUT2D eigenvalue weighted by Gasteiger charge is -2.11. The summed E-state index contributed by atoms with van der Waals surface area (Å²) in [4.78, 5) is 0. The molecule has 0 saturated heterocycles. The van der Waals surface area contributed by atoms with Crippen LogP contribution in [0.3, 0.4) is 0 Å². The molecule has 102 valence electrons. The molecule has 0 saturated carbocycles. The van der Waals surface area contributed by atoms with E-state index >= 15 is 0 Å². The second-order valence-corrected chi connectivity index (χ2v) is 5.01. The number of aryl methyl sites for hydroxylation is 2. The van der Waals surface area contributed by atoms with Crippen LogP contribution in [0.15, 0.2) is 18.2 Å². The predicted molar refractivity (Wildman–Crippen MR) is 76.4 cm³/mol. The minimum absolute atomic E-state index is 0.268. The van der Waals surface area contributed by atoms with Gasteiger partial charge in [0.15, 0.2) is 0 Å². The van der Waals surface area contributed by atoms with Gasteiger partial charge in [-0.05, 0) is 32.0 Å². The molecular formula is C13H14Cl2FN3. The fourth-order valence-electron chi connectivity index (χ4n) is 1.91. The van der Waals surface area contributed by atoms with E-state index in [1.54, 1.807) is 0 Å². The van der Waals surface area contributed by atoms with Gasteiger partial charge in [0.2, 0.25) is 0 Å². The van der Waals surface area contributed by atoms with Crippen LogP contribution in [0, 0.1) is 12.7 Å². The molecule has 0 aliphatic rings. The molecule has 1 aromatic carbocycles. The first-order valence-electron chi connectivity index (χ1n) is 5.93. The quantitative estimate of drug-likeness (QED) is 0.914. The van der Waals surface area contributed by atoms with Gasteiger partial charge in [-0.15, -0.1) is 0 Å². The summed E-state index contributed by atoms with van der Waals surface area (Å²) in [6, 6.07) is 4.46. The van der Waals surface area contributed by atoms with Gasteiger partial charge >= 0.3 is 0 Å². The Bertz CT molecular complexity index is 573. The normalized spacial score (nSPS) is 10.8. The van der Waals surface area contributed by atoms with Crippen LogP contribution in [-0.4, -0.2) is 9.78 Å². The highest BCUT2D eigenvalue weighted by atomic mass is 35.5. The van der Waals surface area contributed by atoms with E-state index in [1.165, 1.54) is 12.1 Å². The molecule has 0 aliphatic carbocycles. The summed E-state index contributed by atoms with van der Waals surface area (Å²) in [5.41, 5.74) is 2.51. The Labute approximate surface area is 121 Å². The fraction of sp³-hybridized carbons (Fsp3) is 0.308. The summed E-state index contributed by atoms with van der Waals surface area (Å²) in [7, 11) is 0. The minimum Gasteiger partial charge on any atom is -0.377 e. The van der Waals surface area contributed by atoms with Crippen molar-refractivity contribution >= 4 is 28.9 Å². The average Bonchev–Trinajstić information content (AvgIpc) is 2.68. The van der Waals surface area contributed by atoms with E-state index in [0.29, 0.717) is 12.2 Å². The number of hydrogen-bond donors (Lipinski definition) is 1. The van der Waals surface area contributed by atoms with Crippen molar-refractivity contribution in [1.82, 2.24) is 9.78 Å². The molecule has 0 spiro atoms. The first-order valence-corrected chi connectivity index (χ1v) is 6.68. The molecule has 3 nitrogen and oxygen atoms in total. The largest absolute Gasteiger partial charge is 0.377 e. The van der Waals surface area contributed by atoms with E-state index in [4.69, 9.17) is 23.2 Å². The molecule has 0 fully saturated rings. The minimum atomic E-state index is -0.449. The zero-order valence-corrected chi connectivity index (χ0v) is 12.2. The van der Waals surface area contributed by atoms with Crippen molar-refractivity contribution in [2.45, 2.75) is 26.9 Å². The SMILES string of the molecule is CCn1nc(C)cc1CNc1c(Cl)cc(F)cc1Cl. The molecule has 0 bridgehead atoms. The van der Waals surface area contributed by atoms with Crippen LogP contribution in [-0.2, 0) is 13.1 Å². The maximum Gasteiger partial charge on any atom is 0.126 e. The highest BCUT2D eigenvalue weighted by Gasteiger charge is 2.10. The molecule has 6 heteroatoms. The summed E-state index contributed by atoms with van der Waals surface area (Å²) >= 11 is 11.9. The van der Waals surface area contributed by atoms with Gasteiger partial charge in [-0.1, -0.05) is 23.2 Å². The van der Waals surface area contributed by atoms with Crippen LogP contribution in [0.4, 0.5) is 10.1 Å². The molecule has 1 heterocycles.